The lowest BCUT2D eigenvalue weighted by Crippen LogP contribution is -2.12. The van der Waals surface area contributed by atoms with Crippen LogP contribution in [0.1, 0.15) is 56.5 Å². The van der Waals surface area contributed by atoms with Crippen LogP contribution in [0.4, 0.5) is 0 Å². The summed E-state index contributed by atoms with van der Waals surface area (Å²) < 4.78 is 0. The van der Waals surface area contributed by atoms with Gasteiger partial charge >= 0.3 is 0 Å². The van der Waals surface area contributed by atoms with Gasteiger partial charge in [-0.05, 0) is 29.4 Å². The van der Waals surface area contributed by atoms with Crippen LogP contribution >= 0.6 is 15.9 Å². The highest BCUT2D eigenvalue weighted by Crippen LogP contribution is 2.39. The SMILES string of the molecule is CCCCc1ccc(C(Br)C(C)(C)C)cc1. The second kappa shape index (κ2) is 5.86. The van der Waals surface area contributed by atoms with Crippen molar-refractivity contribution in [2.24, 2.45) is 5.41 Å². The zero-order chi connectivity index (χ0) is 12.2. The summed E-state index contributed by atoms with van der Waals surface area (Å²) in [7, 11) is 0. The van der Waals surface area contributed by atoms with Crippen molar-refractivity contribution in [3.63, 3.8) is 0 Å². The molecule has 0 heterocycles. The first-order chi connectivity index (χ1) is 7.45. The van der Waals surface area contributed by atoms with E-state index in [0.29, 0.717) is 4.83 Å². The first-order valence-electron chi connectivity index (χ1n) is 6.18. The molecule has 0 aliphatic carbocycles. The molecule has 0 bridgehead atoms. The summed E-state index contributed by atoms with van der Waals surface area (Å²) in [6.45, 7) is 9.02. The highest BCUT2D eigenvalue weighted by Gasteiger charge is 2.22. The van der Waals surface area contributed by atoms with E-state index in [1.807, 2.05) is 0 Å². The first-order valence-corrected chi connectivity index (χ1v) is 7.09. The molecule has 1 heteroatoms. The average molecular weight is 283 g/mol. The third-order valence-corrected chi connectivity index (χ3v) is 4.75. The van der Waals surface area contributed by atoms with Gasteiger partial charge in [0, 0.05) is 4.83 Å². The van der Waals surface area contributed by atoms with Crippen molar-refractivity contribution in [2.45, 2.75) is 51.8 Å². The topological polar surface area (TPSA) is 0 Å². The van der Waals surface area contributed by atoms with E-state index in [2.05, 4.69) is 67.9 Å². The smallest absolute Gasteiger partial charge is 0.0443 e. The standard InChI is InChI=1S/C15H23Br/c1-5-6-7-12-8-10-13(11-9-12)14(16)15(2,3)4/h8-11,14H,5-7H2,1-4H3. The number of benzene rings is 1. The van der Waals surface area contributed by atoms with E-state index in [4.69, 9.17) is 0 Å². The van der Waals surface area contributed by atoms with Gasteiger partial charge in [0.2, 0.25) is 0 Å². The lowest BCUT2D eigenvalue weighted by Gasteiger charge is -2.26. The minimum Gasteiger partial charge on any atom is -0.0833 e. The van der Waals surface area contributed by atoms with Crippen LogP contribution in [0.5, 0.6) is 0 Å². The molecule has 0 N–H and O–H groups in total. The molecule has 0 amide bonds. The Morgan fingerprint density at radius 2 is 1.69 bits per heavy atom. The first kappa shape index (κ1) is 13.8. The summed E-state index contributed by atoms with van der Waals surface area (Å²) in [6.07, 6.45) is 3.76. The average Bonchev–Trinajstić information content (AvgIpc) is 2.25. The highest BCUT2D eigenvalue weighted by atomic mass is 79.9. The zero-order valence-electron chi connectivity index (χ0n) is 10.9. The second-order valence-corrected chi connectivity index (χ2v) is 6.49. The van der Waals surface area contributed by atoms with E-state index >= 15 is 0 Å². The van der Waals surface area contributed by atoms with Crippen molar-refractivity contribution < 1.29 is 0 Å². The molecule has 1 atom stereocenters. The molecule has 0 fully saturated rings. The van der Waals surface area contributed by atoms with Gasteiger partial charge in [-0.2, -0.15) is 0 Å². The molecule has 1 aromatic rings. The van der Waals surface area contributed by atoms with Gasteiger partial charge in [-0.1, -0.05) is 74.3 Å². The number of halogens is 1. The molecule has 16 heavy (non-hydrogen) atoms. The van der Waals surface area contributed by atoms with Gasteiger partial charge in [-0.15, -0.1) is 0 Å². The van der Waals surface area contributed by atoms with Gasteiger partial charge in [-0.25, -0.2) is 0 Å². The van der Waals surface area contributed by atoms with Crippen LogP contribution in [0.15, 0.2) is 24.3 Å². The number of hydrogen-bond acceptors (Lipinski definition) is 0. The van der Waals surface area contributed by atoms with E-state index in [1.54, 1.807) is 0 Å². The number of hydrogen-bond donors (Lipinski definition) is 0. The van der Waals surface area contributed by atoms with Crippen LogP contribution in [0.3, 0.4) is 0 Å². The minimum absolute atomic E-state index is 0.269. The Morgan fingerprint density at radius 3 is 2.12 bits per heavy atom. The molecule has 0 aliphatic rings. The fraction of sp³-hybridized carbons (Fsp3) is 0.600. The molecule has 1 aromatic carbocycles. The third kappa shape index (κ3) is 3.93. The number of alkyl halides is 1. The molecule has 0 saturated heterocycles. The minimum atomic E-state index is 0.269. The highest BCUT2D eigenvalue weighted by molar-refractivity contribution is 9.09. The third-order valence-electron chi connectivity index (χ3n) is 2.85. The summed E-state index contributed by atoms with van der Waals surface area (Å²) in [5.41, 5.74) is 3.11. The summed E-state index contributed by atoms with van der Waals surface area (Å²) in [6, 6.07) is 9.06. The van der Waals surface area contributed by atoms with Crippen LogP contribution in [0.25, 0.3) is 0 Å². The van der Waals surface area contributed by atoms with Crippen molar-refractivity contribution in [3.05, 3.63) is 35.4 Å². The summed E-state index contributed by atoms with van der Waals surface area (Å²) in [5, 5.41) is 0. The van der Waals surface area contributed by atoms with Crippen molar-refractivity contribution in [1.82, 2.24) is 0 Å². The van der Waals surface area contributed by atoms with E-state index < -0.39 is 0 Å². The maximum atomic E-state index is 3.78. The van der Waals surface area contributed by atoms with Crippen LogP contribution in [-0.2, 0) is 6.42 Å². The predicted molar refractivity (Wildman–Crippen MR) is 76.2 cm³/mol. The maximum Gasteiger partial charge on any atom is 0.0443 e. The maximum absolute atomic E-state index is 3.78. The van der Waals surface area contributed by atoms with Gasteiger partial charge in [0.25, 0.3) is 0 Å². The second-order valence-electron chi connectivity index (χ2n) is 5.57. The Balaban J connectivity index is 2.71. The number of unbranched alkanes of at least 4 members (excludes halogenated alkanes) is 1. The molecule has 0 aliphatic heterocycles. The van der Waals surface area contributed by atoms with Crippen molar-refractivity contribution in [2.75, 3.05) is 0 Å². The number of aryl methyl sites for hydroxylation is 1. The molecule has 0 radical (unpaired) electrons. The van der Waals surface area contributed by atoms with Crippen molar-refractivity contribution in [1.29, 1.82) is 0 Å². The Labute approximate surface area is 109 Å². The van der Waals surface area contributed by atoms with Gasteiger partial charge in [0.15, 0.2) is 0 Å². The monoisotopic (exact) mass is 282 g/mol. The lowest BCUT2D eigenvalue weighted by atomic mass is 9.87. The van der Waals surface area contributed by atoms with E-state index in [9.17, 15) is 0 Å². The Hall–Kier alpha value is -0.300. The Morgan fingerprint density at radius 1 is 1.12 bits per heavy atom. The van der Waals surface area contributed by atoms with Crippen LogP contribution in [0, 0.1) is 5.41 Å². The molecular weight excluding hydrogens is 260 g/mol. The van der Waals surface area contributed by atoms with Crippen LogP contribution in [0.2, 0.25) is 0 Å². The normalized spacial score (nSPS) is 13.8. The largest absolute Gasteiger partial charge is 0.0833 e. The summed E-state index contributed by atoms with van der Waals surface area (Å²) in [5.74, 6) is 0. The molecular formula is C15H23Br. The summed E-state index contributed by atoms with van der Waals surface area (Å²) in [4.78, 5) is 0.431. The fourth-order valence-electron chi connectivity index (χ4n) is 1.73. The van der Waals surface area contributed by atoms with Gasteiger partial charge in [0.1, 0.15) is 0 Å². The molecule has 1 unspecified atom stereocenters. The molecule has 90 valence electrons. The van der Waals surface area contributed by atoms with E-state index in [-0.39, 0.29) is 5.41 Å². The summed E-state index contributed by atoms with van der Waals surface area (Å²) >= 11 is 3.78. The molecule has 0 nitrogen and oxygen atoms in total. The van der Waals surface area contributed by atoms with Gasteiger partial charge < -0.3 is 0 Å². The quantitative estimate of drug-likeness (QED) is 0.639. The molecule has 0 aromatic heterocycles. The zero-order valence-corrected chi connectivity index (χ0v) is 12.5. The van der Waals surface area contributed by atoms with Crippen LogP contribution in [-0.4, -0.2) is 0 Å². The lowest BCUT2D eigenvalue weighted by molar-refractivity contribution is 0.407. The van der Waals surface area contributed by atoms with Gasteiger partial charge in [-0.3, -0.25) is 0 Å². The van der Waals surface area contributed by atoms with E-state index in [0.717, 1.165) is 0 Å². The Kier molecular flexibility index (Phi) is 5.04. The van der Waals surface area contributed by atoms with Crippen molar-refractivity contribution >= 4 is 15.9 Å². The van der Waals surface area contributed by atoms with Gasteiger partial charge in [0.05, 0.1) is 0 Å². The predicted octanol–water partition coefficient (Wildman–Crippen LogP) is 5.51. The Bertz CT molecular complexity index is 305. The molecule has 0 saturated carbocycles. The molecule has 0 spiro atoms. The fourth-order valence-corrected chi connectivity index (χ4v) is 2.04. The van der Waals surface area contributed by atoms with Crippen molar-refractivity contribution in [3.8, 4) is 0 Å². The van der Waals surface area contributed by atoms with E-state index in [1.165, 1.54) is 30.4 Å². The van der Waals surface area contributed by atoms with Crippen LogP contribution < -0.4 is 0 Å². The number of rotatable bonds is 4. The molecule has 1 rings (SSSR count).